The molecule has 1 aliphatic rings. The number of likely N-dealkylation sites (tertiary alicyclic amines) is 1. The van der Waals surface area contributed by atoms with Crippen LogP contribution in [0.25, 0.3) is 21.3 Å². The number of carbonyl (C=O) groups is 1. The second kappa shape index (κ2) is 7.60. The van der Waals surface area contributed by atoms with E-state index < -0.39 is 17.0 Å². The van der Waals surface area contributed by atoms with Crippen molar-refractivity contribution in [1.82, 2.24) is 14.5 Å². The topological polar surface area (TPSA) is 55.2 Å². The molecule has 9 heteroatoms. The van der Waals surface area contributed by atoms with Crippen molar-refractivity contribution in [2.24, 2.45) is 0 Å². The number of alkyl halides is 1. The molecule has 1 fully saturated rings. The number of rotatable bonds is 3. The molecular weight excluding hydrogens is 476 g/mol. The van der Waals surface area contributed by atoms with E-state index in [4.69, 9.17) is 0 Å². The monoisotopic (exact) mass is 491 g/mol. The Morgan fingerprint density at radius 3 is 2.77 bits per heavy atom. The standard InChI is InChI=1S/C21H16BrF2N3O2S/c1-3-4-15-17(12-5-6-14(23)13(22)7-12)18-19(30-15)25-11-26(20(18)29)8-16(28)27-9-21(2,24)10-27/h5-7,11H,8-10H2,1-2H3. The first kappa shape index (κ1) is 20.7. The average molecular weight is 492 g/mol. The third-order valence-corrected chi connectivity index (χ3v) is 6.45. The van der Waals surface area contributed by atoms with Crippen LogP contribution in [-0.2, 0) is 11.3 Å². The minimum atomic E-state index is -1.38. The molecule has 0 bridgehead atoms. The number of fused-ring (bicyclic) bond motifs is 1. The summed E-state index contributed by atoms with van der Waals surface area (Å²) in [6.45, 7) is 2.92. The zero-order valence-electron chi connectivity index (χ0n) is 16.1. The Labute approximate surface area is 183 Å². The maximum atomic E-state index is 13.7. The Balaban J connectivity index is 1.82. The largest absolute Gasteiger partial charge is 0.335 e. The van der Waals surface area contributed by atoms with Crippen LogP contribution >= 0.6 is 27.3 Å². The van der Waals surface area contributed by atoms with Crippen LogP contribution in [0.5, 0.6) is 0 Å². The Bertz CT molecular complexity index is 1300. The van der Waals surface area contributed by atoms with Crippen molar-refractivity contribution in [2.45, 2.75) is 26.1 Å². The molecule has 0 spiro atoms. The summed E-state index contributed by atoms with van der Waals surface area (Å²) in [5, 5.41) is 0.325. The van der Waals surface area contributed by atoms with Gasteiger partial charge in [0.05, 0.1) is 34.2 Å². The lowest BCUT2D eigenvalue weighted by Crippen LogP contribution is -2.60. The summed E-state index contributed by atoms with van der Waals surface area (Å²) in [5.74, 6) is 5.05. The lowest BCUT2D eigenvalue weighted by atomic mass is 9.99. The van der Waals surface area contributed by atoms with Crippen molar-refractivity contribution < 1.29 is 13.6 Å². The van der Waals surface area contributed by atoms with Gasteiger partial charge < -0.3 is 4.90 Å². The number of hydrogen-bond acceptors (Lipinski definition) is 4. The highest BCUT2D eigenvalue weighted by Crippen LogP contribution is 2.37. The molecule has 1 saturated heterocycles. The van der Waals surface area contributed by atoms with E-state index in [1.54, 1.807) is 19.1 Å². The van der Waals surface area contributed by atoms with Gasteiger partial charge in [0.2, 0.25) is 5.91 Å². The molecule has 1 aromatic carbocycles. The van der Waals surface area contributed by atoms with E-state index in [1.165, 1.54) is 40.1 Å². The van der Waals surface area contributed by atoms with E-state index in [9.17, 15) is 18.4 Å². The highest BCUT2D eigenvalue weighted by molar-refractivity contribution is 9.10. The molecule has 0 saturated carbocycles. The zero-order chi connectivity index (χ0) is 21.6. The highest BCUT2D eigenvalue weighted by Gasteiger charge is 2.41. The van der Waals surface area contributed by atoms with Crippen LogP contribution in [0.2, 0.25) is 0 Å². The predicted octanol–water partition coefficient (Wildman–Crippen LogP) is 3.97. The quantitative estimate of drug-likeness (QED) is 0.521. The molecule has 4 rings (SSSR count). The van der Waals surface area contributed by atoms with Gasteiger partial charge in [-0.15, -0.1) is 17.3 Å². The summed E-state index contributed by atoms with van der Waals surface area (Å²) in [4.78, 5) is 32.5. The molecule has 154 valence electrons. The van der Waals surface area contributed by atoms with Gasteiger partial charge in [-0.3, -0.25) is 14.2 Å². The number of carbonyl (C=O) groups excluding carboxylic acids is 1. The fourth-order valence-electron chi connectivity index (χ4n) is 3.44. The molecule has 0 N–H and O–H groups in total. The molecule has 0 unspecified atom stereocenters. The fourth-order valence-corrected chi connectivity index (χ4v) is 4.88. The Hall–Kier alpha value is -2.57. The van der Waals surface area contributed by atoms with Gasteiger partial charge in [-0.1, -0.05) is 12.0 Å². The smallest absolute Gasteiger partial charge is 0.263 e. The Morgan fingerprint density at radius 1 is 1.40 bits per heavy atom. The number of amides is 1. The fraction of sp³-hybridized carbons (Fsp3) is 0.286. The van der Waals surface area contributed by atoms with Gasteiger partial charge in [0.15, 0.2) is 0 Å². The molecule has 5 nitrogen and oxygen atoms in total. The maximum absolute atomic E-state index is 13.7. The zero-order valence-corrected chi connectivity index (χ0v) is 18.5. The van der Waals surface area contributed by atoms with E-state index in [0.29, 0.717) is 26.2 Å². The van der Waals surface area contributed by atoms with Crippen molar-refractivity contribution in [2.75, 3.05) is 13.1 Å². The van der Waals surface area contributed by atoms with Crippen molar-refractivity contribution >= 4 is 43.4 Å². The van der Waals surface area contributed by atoms with Crippen molar-refractivity contribution in [3.8, 4) is 23.0 Å². The second-order valence-corrected chi connectivity index (χ2v) is 9.18. The minimum Gasteiger partial charge on any atom is -0.335 e. The molecule has 1 aliphatic heterocycles. The third kappa shape index (κ3) is 3.66. The van der Waals surface area contributed by atoms with Gasteiger partial charge in [-0.05, 0) is 47.5 Å². The normalized spacial score (nSPS) is 14.9. The molecule has 0 atom stereocenters. The second-order valence-electron chi connectivity index (χ2n) is 7.33. The van der Waals surface area contributed by atoms with E-state index in [1.807, 2.05) is 0 Å². The van der Waals surface area contributed by atoms with Gasteiger partial charge in [-0.2, -0.15) is 0 Å². The minimum absolute atomic E-state index is 0.0137. The van der Waals surface area contributed by atoms with Crippen LogP contribution < -0.4 is 5.56 Å². The number of thiophene rings is 1. The summed E-state index contributed by atoms with van der Waals surface area (Å²) in [7, 11) is 0. The van der Waals surface area contributed by atoms with Crippen LogP contribution in [0.1, 0.15) is 18.7 Å². The molecule has 3 aromatic rings. The van der Waals surface area contributed by atoms with Crippen LogP contribution in [-0.4, -0.2) is 39.1 Å². The van der Waals surface area contributed by atoms with Crippen molar-refractivity contribution in [3.63, 3.8) is 0 Å². The van der Waals surface area contributed by atoms with Crippen molar-refractivity contribution in [1.29, 1.82) is 0 Å². The van der Waals surface area contributed by atoms with E-state index in [-0.39, 0.29) is 30.0 Å². The Morgan fingerprint density at radius 2 is 2.13 bits per heavy atom. The van der Waals surface area contributed by atoms with Gasteiger partial charge in [0.1, 0.15) is 22.9 Å². The summed E-state index contributed by atoms with van der Waals surface area (Å²) in [6, 6.07) is 4.47. The maximum Gasteiger partial charge on any atom is 0.263 e. The number of aromatic nitrogens is 2. The highest BCUT2D eigenvalue weighted by atomic mass is 79.9. The SMILES string of the molecule is CC#Cc1sc2ncn(CC(=O)N3CC(C)(F)C3)c(=O)c2c1-c1ccc(F)c(Br)c1. The molecule has 30 heavy (non-hydrogen) atoms. The summed E-state index contributed by atoms with van der Waals surface area (Å²) < 4.78 is 28.9. The lowest BCUT2D eigenvalue weighted by Gasteiger charge is -2.42. The average Bonchev–Trinajstić information content (AvgIpc) is 3.03. The van der Waals surface area contributed by atoms with Gasteiger partial charge in [0, 0.05) is 5.56 Å². The lowest BCUT2D eigenvalue weighted by molar-refractivity contribution is -0.144. The number of hydrogen-bond donors (Lipinski definition) is 0. The molecule has 1 amide bonds. The first-order valence-corrected chi connectivity index (χ1v) is 10.7. The van der Waals surface area contributed by atoms with Gasteiger partial charge >= 0.3 is 0 Å². The van der Waals surface area contributed by atoms with Crippen LogP contribution in [0.4, 0.5) is 8.78 Å². The summed E-state index contributed by atoms with van der Waals surface area (Å²) in [6.07, 6.45) is 1.32. The number of halogens is 3. The summed E-state index contributed by atoms with van der Waals surface area (Å²) >= 11 is 4.44. The number of nitrogens with zero attached hydrogens (tertiary/aromatic N) is 3. The predicted molar refractivity (Wildman–Crippen MR) is 116 cm³/mol. The molecular formula is C21H16BrF2N3O2S. The van der Waals surface area contributed by atoms with Crippen LogP contribution in [0.15, 0.2) is 33.8 Å². The molecule has 2 aromatic heterocycles. The van der Waals surface area contributed by atoms with Crippen molar-refractivity contribution in [3.05, 3.63) is 50.0 Å². The van der Waals surface area contributed by atoms with Crippen LogP contribution in [0.3, 0.4) is 0 Å². The van der Waals surface area contributed by atoms with E-state index in [2.05, 4.69) is 32.8 Å². The first-order chi connectivity index (χ1) is 14.2. The molecule has 0 aliphatic carbocycles. The van der Waals surface area contributed by atoms with E-state index in [0.717, 1.165) is 0 Å². The molecule has 3 heterocycles. The third-order valence-electron chi connectivity index (χ3n) is 4.82. The van der Waals surface area contributed by atoms with E-state index >= 15 is 0 Å². The Kier molecular flexibility index (Phi) is 5.24. The van der Waals surface area contributed by atoms with Crippen LogP contribution in [0, 0.1) is 17.7 Å². The van der Waals surface area contributed by atoms with Gasteiger partial charge in [-0.25, -0.2) is 13.8 Å². The first-order valence-electron chi connectivity index (χ1n) is 9.07. The number of benzene rings is 1. The summed E-state index contributed by atoms with van der Waals surface area (Å²) in [5.41, 5.74) is -0.601. The molecule has 0 radical (unpaired) electrons. The van der Waals surface area contributed by atoms with Gasteiger partial charge in [0.25, 0.3) is 5.56 Å².